The number of carbonyl (C=O) groups excluding carboxylic acids is 1. The van der Waals surface area contributed by atoms with E-state index in [-0.39, 0.29) is 12.5 Å². The van der Waals surface area contributed by atoms with Gasteiger partial charge in [-0.3, -0.25) is 9.78 Å². The van der Waals surface area contributed by atoms with E-state index in [1.165, 1.54) is 0 Å². The van der Waals surface area contributed by atoms with Gasteiger partial charge < -0.3 is 15.0 Å². The van der Waals surface area contributed by atoms with E-state index in [2.05, 4.69) is 20.3 Å². The lowest BCUT2D eigenvalue weighted by atomic mass is 10.2. The van der Waals surface area contributed by atoms with Crippen LogP contribution < -0.4 is 15.0 Å². The Labute approximate surface area is 150 Å². The molecule has 0 spiro atoms. The number of fused-ring (bicyclic) bond motifs is 1. The molecule has 0 radical (unpaired) electrons. The molecule has 1 aliphatic rings. The summed E-state index contributed by atoms with van der Waals surface area (Å²) in [7, 11) is 1.74. The van der Waals surface area contributed by atoms with Crippen molar-refractivity contribution < 1.29 is 9.53 Å². The van der Waals surface area contributed by atoms with Crippen molar-refractivity contribution in [3.8, 4) is 17.1 Å². The van der Waals surface area contributed by atoms with Gasteiger partial charge in [-0.05, 0) is 37.3 Å². The van der Waals surface area contributed by atoms with Gasteiger partial charge in [-0.2, -0.15) is 0 Å². The Bertz CT molecular complexity index is 975. The zero-order valence-corrected chi connectivity index (χ0v) is 14.4. The minimum atomic E-state index is -0.0774. The smallest absolute Gasteiger partial charge is 0.264 e. The molecule has 26 heavy (non-hydrogen) atoms. The normalized spacial score (nSPS) is 13.2. The van der Waals surface area contributed by atoms with E-state index >= 15 is 0 Å². The zero-order valence-electron chi connectivity index (χ0n) is 14.4. The number of hydrogen-bond donors (Lipinski definition) is 1. The number of nitrogens with zero attached hydrogens (tertiary/aromatic N) is 4. The number of pyridine rings is 1. The molecule has 0 saturated heterocycles. The number of carbonyl (C=O) groups is 1. The summed E-state index contributed by atoms with van der Waals surface area (Å²) in [4.78, 5) is 26.6. The fourth-order valence-electron chi connectivity index (χ4n) is 2.75. The lowest BCUT2D eigenvalue weighted by Gasteiger charge is -2.26. The van der Waals surface area contributed by atoms with Crippen LogP contribution in [0.3, 0.4) is 0 Å². The number of hydrogen-bond acceptors (Lipinski definition) is 6. The molecule has 0 bridgehead atoms. The molecule has 4 rings (SSSR count). The highest BCUT2D eigenvalue weighted by Gasteiger charge is 2.22. The number of amides is 1. The zero-order chi connectivity index (χ0) is 18.1. The highest BCUT2D eigenvalue weighted by molar-refractivity contribution is 5.98. The summed E-state index contributed by atoms with van der Waals surface area (Å²) in [6.07, 6.45) is 3.45. The van der Waals surface area contributed by atoms with Crippen LogP contribution in [0.4, 0.5) is 17.2 Å². The monoisotopic (exact) mass is 347 g/mol. The number of ether oxygens (including phenoxy) is 1. The second-order valence-corrected chi connectivity index (χ2v) is 6.01. The highest BCUT2D eigenvalue weighted by atomic mass is 16.5. The number of aromatic nitrogens is 3. The lowest BCUT2D eigenvalue weighted by molar-refractivity contribution is -0.120. The maximum atomic E-state index is 11.8. The van der Waals surface area contributed by atoms with Crippen molar-refractivity contribution in [1.82, 2.24) is 15.0 Å². The van der Waals surface area contributed by atoms with Gasteiger partial charge in [-0.25, -0.2) is 9.97 Å². The van der Waals surface area contributed by atoms with Crippen LogP contribution >= 0.6 is 0 Å². The first-order chi connectivity index (χ1) is 12.6. The highest BCUT2D eigenvalue weighted by Crippen LogP contribution is 2.34. The minimum Gasteiger partial charge on any atom is -0.482 e. The Balaban J connectivity index is 1.66. The summed E-state index contributed by atoms with van der Waals surface area (Å²) < 4.78 is 5.46. The fraction of sp³-hybridized carbons (Fsp3) is 0.158. The third-order valence-corrected chi connectivity index (χ3v) is 4.09. The molecule has 3 heterocycles. The van der Waals surface area contributed by atoms with Gasteiger partial charge in [-0.1, -0.05) is 0 Å². The second-order valence-electron chi connectivity index (χ2n) is 6.01. The molecule has 0 unspecified atom stereocenters. The molecule has 1 amide bonds. The van der Waals surface area contributed by atoms with E-state index < -0.39 is 0 Å². The van der Waals surface area contributed by atoms with Crippen molar-refractivity contribution in [3.63, 3.8) is 0 Å². The van der Waals surface area contributed by atoms with Gasteiger partial charge >= 0.3 is 0 Å². The van der Waals surface area contributed by atoms with Crippen molar-refractivity contribution >= 4 is 23.1 Å². The van der Waals surface area contributed by atoms with Crippen LogP contribution in [0.25, 0.3) is 11.4 Å². The minimum absolute atomic E-state index is 0.0653. The van der Waals surface area contributed by atoms with E-state index in [1.54, 1.807) is 24.3 Å². The molecule has 130 valence electrons. The molecule has 3 aromatic rings. The van der Waals surface area contributed by atoms with E-state index in [0.29, 0.717) is 17.4 Å². The summed E-state index contributed by atoms with van der Waals surface area (Å²) in [5, 5.41) is 3.28. The van der Waals surface area contributed by atoms with Crippen LogP contribution in [0, 0.1) is 6.92 Å². The predicted molar refractivity (Wildman–Crippen MR) is 98.6 cm³/mol. The van der Waals surface area contributed by atoms with Crippen LogP contribution in [0.15, 0.2) is 48.8 Å². The third-order valence-electron chi connectivity index (χ3n) is 4.09. The number of nitrogens with one attached hydrogen (secondary N) is 1. The Kier molecular flexibility index (Phi) is 3.96. The average molecular weight is 347 g/mol. The van der Waals surface area contributed by atoms with Crippen LogP contribution in [-0.4, -0.2) is 34.5 Å². The van der Waals surface area contributed by atoms with Crippen LogP contribution in [0.1, 0.15) is 5.69 Å². The fourth-order valence-corrected chi connectivity index (χ4v) is 2.75. The van der Waals surface area contributed by atoms with Crippen molar-refractivity contribution in [1.29, 1.82) is 0 Å². The molecule has 0 saturated carbocycles. The van der Waals surface area contributed by atoms with Crippen molar-refractivity contribution in [2.45, 2.75) is 6.92 Å². The first-order valence-electron chi connectivity index (χ1n) is 8.17. The molecule has 0 fully saturated rings. The van der Waals surface area contributed by atoms with E-state index in [1.807, 2.05) is 43.3 Å². The molecule has 0 aliphatic carbocycles. The predicted octanol–water partition coefficient (Wildman–Crippen LogP) is 2.95. The quantitative estimate of drug-likeness (QED) is 0.785. The Morgan fingerprint density at radius 3 is 2.88 bits per heavy atom. The average Bonchev–Trinajstić information content (AvgIpc) is 2.65. The van der Waals surface area contributed by atoms with E-state index in [0.717, 1.165) is 22.6 Å². The number of anilines is 3. The third kappa shape index (κ3) is 3.06. The number of likely N-dealkylation sites (N-methyl/N-ethyl adjacent to an activating group) is 1. The standard InChI is InChI=1S/C19H17N5O2/c1-12-8-17(23-19(21-12)13-4-3-7-20-10-13)22-14-5-6-16-15(9-14)24(2)18(25)11-26-16/h3-10H,11H2,1-2H3,(H,21,22,23). The summed E-state index contributed by atoms with van der Waals surface area (Å²) in [5.74, 6) is 1.88. The van der Waals surface area contributed by atoms with Gasteiger partial charge in [0.25, 0.3) is 5.91 Å². The second kappa shape index (κ2) is 6.44. The summed E-state index contributed by atoms with van der Waals surface area (Å²) in [6, 6.07) is 11.2. The molecule has 1 aliphatic heterocycles. The van der Waals surface area contributed by atoms with Crippen molar-refractivity contribution in [3.05, 3.63) is 54.5 Å². The molecule has 1 N–H and O–H groups in total. The molecule has 2 aromatic heterocycles. The molecule has 0 atom stereocenters. The Morgan fingerprint density at radius 1 is 1.19 bits per heavy atom. The topological polar surface area (TPSA) is 80.2 Å². The summed E-state index contributed by atoms with van der Waals surface area (Å²) in [5.41, 5.74) is 3.23. The van der Waals surface area contributed by atoms with Crippen molar-refractivity contribution in [2.75, 3.05) is 23.9 Å². The first kappa shape index (κ1) is 16.0. The Morgan fingerprint density at radius 2 is 2.08 bits per heavy atom. The van der Waals surface area contributed by atoms with Crippen LogP contribution in [0.2, 0.25) is 0 Å². The number of benzene rings is 1. The number of rotatable bonds is 3. The van der Waals surface area contributed by atoms with Gasteiger partial charge in [0.05, 0.1) is 5.69 Å². The molecular formula is C19H17N5O2. The Hall–Kier alpha value is -3.48. The van der Waals surface area contributed by atoms with E-state index in [9.17, 15) is 4.79 Å². The maximum Gasteiger partial charge on any atom is 0.264 e. The lowest BCUT2D eigenvalue weighted by Crippen LogP contribution is -2.35. The van der Waals surface area contributed by atoms with Crippen molar-refractivity contribution in [2.24, 2.45) is 0 Å². The molecular weight excluding hydrogens is 330 g/mol. The molecule has 7 nitrogen and oxygen atoms in total. The maximum absolute atomic E-state index is 11.8. The van der Waals surface area contributed by atoms with Gasteiger partial charge in [0.2, 0.25) is 0 Å². The van der Waals surface area contributed by atoms with Gasteiger partial charge in [0.15, 0.2) is 12.4 Å². The van der Waals surface area contributed by atoms with Crippen LogP contribution in [-0.2, 0) is 4.79 Å². The SMILES string of the molecule is Cc1cc(Nc2ccc3c(c2)N(C)C(=O)CO3)nc(-c2cccnc2)n1. The molecule has 7 heteroatoms. The largest absolute Gasteiger partial charge is 0.482 e. The van der Waals surface area contributed by atoms with Gasteiger partial charge in [0, 0.05) is 42.5 Å². The molecule has 1 aromatic carbocycles. The first-order valence-corrected chi connectivity index (χ1v) is 8.17. The summed E-state index contributed by atoms with van der Waals surface area (Å²) in [6.45, 7) is 1.98. The number of aryl methyl sites for hydroxylation is 1. The van der Waals surface area contributed by atoms with E-state index in [4.69, 9.17) is 4.74 Å². The van der Waals surface area contributed by atoms with Gasteiger partial charge in [0.1, 0.15) is 11.6 Å². The summed E-state index contributed by atoms with van der Waals surface area (Å²) >= 11 is 0. The van der Waals surface area contributed by atoms with Gasteiger partial charge in [-0.15, -0.1) is 0 Å². The van der Waals surface area contributed by atoms with Crippen LogP contribution in [0.5, 0.6) is 5.75 Å².